The summed E-state index contributed by atoms with van der Waals surface area (Å²) in [6.07, 6.45) is 2.42. The molecule has 2 heterocycles. The van der Waals surface area contributed by atoms with Gasteiger partial charge in [-0.25, -0.2) is 0 Å². The van der Waals surface area contributed by atoms with E-state index in [2.05, 4.69) is 49.6 Å². The van der Waals surface area contributed by atoms with Crippen LogP contribution in [0.2, 0.25) is 0 Å². The molecule has 1 amide bonds. The molecule has 0 N–H and O–H groups in total. The Hall–Kier alpha value is -1.43. The smallest absolute Gasteiger partial charge is 0.240 e. The van der Waals surface area contributed by atoms with Gasteiger partial charge in [-0.3, -0.25) is 9.69 Å². The van der Waals surface area contributed by atoms with E-state index in [9.17, 15) is 4.79 Å². The third-order valence-corrected chi connectivity index (χ3v) is 5.81. The van der Waals surface area contributed by atoms with Crippen molar-refractivity contribution < 1.29 is 14.3 Å². The molecule has 5 heteroatoms. The predicted molar refractivity (Wildman–Crippen MR) is 111 cm³/mol. The Morgan fingerprint density at radius 1 is 1.11 bits per heavy atom. The SMILES string of the molecule is CC1CN(C(C(=O)N2CCC(OCc3ccccc3)CC2)C(C)C)CC(C)O1. The van der Waals surface area contributed by atoms with Gasteiger partial charge in [0, 0.05) is 26.2 Å². The van der Waals surface area contributed by atoms with Crippen molar-refractivity contribution in [2.45, 2.75) is 71.5 Å². The largest absolute Gasteiger partial charge is 0.373 e. The quantitative estimate of drug-likeness (QED) is 0.750. The molecule has 1 aromatic rings. The summed E-state index contributed by atoms with van der Waals surface area (Å²) in [5, 5.41) is 0. The highest BCUT2D eigenvalue weighted by molar-refractivity contribution is 5.82. The molecule has 3 atom stereocenters. The predicted octanol–water partition coefficient (Wildman–Crippen LogP) is 3.33. The van der Waals surface area contributed by atoms with Crippen LogP contribution in [0, 0.1) is 5.92 Å². The van der Waals surface area contributed by atoms with E-state index in [4.69, 9.17) is 9.47 Å². The minimum absolute atomic E-state index is 0.0596. The van der Waals surface area contributed by atoms with Crippen molar-refractivity contribution in [1.29, 1.82) is 0 Å². The number of likely N-dealkylation sites (tertiary alicyclic amines) is 1. The lowest BCUT2D eigenvalue weighted by Crippen LogP contribution is -2.58. The maximum Gasteiger partial charge on any atom is 0.240 e. The van der Waals surface area contributed by atoms with E-state index in [1.807, 2.05) is 18.2 Å². The molecule has 2 saturated heterocycles. The molecule has 1 aromatic carbocycles. The lowest BCUT2D eigenvalue weighted by atomic mass is 9.97. The van der Waals surface area contributed by atoms with Crippen LogP contribution in [0.15, 0.2) is 30.3 Å². The Morgan fingerprint density at radius 2 is 1.71 bits per heavy atom. The molecule has 2 fully saturated rings. The van der Waals surface area contributed by atoms with Gasteiger partial charge in [0.05, 0.1) is 31.0 Å². The summed E-state index contributed by atoms with van der Waals surface area (Å²) in [5.74, 6) is 0.565. The first kappa shape index (κ1) is 21.3. The fourth-order valence-electron chi connectivity index (χ4n) is 4.53. The number of rotatable bonds is 6. The zero-order chi connectivity index (χ0) is 20.1. The number of amides is 1. The first-order valence-electron chi connectivity index (χ1n) is 10.8. The van der Waals surface area contributed by atoms with Crippen molar-refractivity contribution >= 4 is 5.91 Å². The van der Waals surface area contributed by atoms with Gasteiger partial charge in [0.15, 0.2) is 0 Å². The lowest BCUT2D eigenvalue weighted by Gasteiger charge is -2.43. The van der Waals surface area contributed by atoms with Crippen LogP contribution in [0.25, 0.3) is 0 Å². The monoisotopic (exact) mass is 388 g/mol. The van der Waals surface area contributed by atoms with Crippen molar-refractivity contribution in [3.8, 4) is 0 Å². The number of benzene rings is 1. The second-order valence-corrected chi connectivity index (χ2v) is 8.72. The Morgan fingerprint density at radius 3 is 2.29 bits per heavy atom. The minimum Gasteiger partial charge on any atom is -0.373 e. The first-order valence-corrected chi connectivity index (χ1v) is 10.8. The topological polar surface area (TPSA) is 42.0 Å². The second-order valence-electron chi connectivity index (χ2n) is 8.72. The normalized spacial score (nSPS) is 25.8. The molecular formula is C23H36N2O3. The van der Waals surface area contributed by atoms with Crippen molar-refractivity contribution in [3.63, 3.8) is 0 Å². The van der Waals surface area contributed by atoms with E-state index in [1.54, 1.807) is 0 Å². The number of hydrogen-bond donors (Lipinski definition) is 0. The highest BCUT2D eigenvalue weighted by atomic mass is 16.5. The molecule has 0 aliphatic carbocycles. The van der Waals surface area contributed by atoms with Crippen molar-refractivity contribution in [1.82, 2.24) is 9.80 Å². The molecule has 3 unspecified atom stereocenters. The number of piperidine rings is 1. The summed E-state index contributed by atoms with van der Waals surface area (Å²) in [6.45, 7) is 12.4. The first-order chi connectivity index (χ1) is 13.4. The number of hydrogen-bond acceptors (Lipinski definition) is 4. The number of carbonyl (C=O) groups is 1. The lowest BCUT2D eigenvalue weighted by molar-refractivity contribution is -0.148. The zero-order valence-electron chi connectivity index (χ0n) is 17.8. The molecular weight excluding hydrogens is 352 g/mol. The van der Waals surface area contributed by atoms with Crippen LogP contribution < -0.4 is 0 Å². The van der Waals surface area contributed by atoms with Gasteiger partial charge in [0.25, 0.3) is 0 Å². The summed E-state index contributed by atoms with van der Waals surface area (Å²) in [5.41, 5.74) is 1.21. The molecule has 0 spiro atoms. The minimum atomic E-state index is -0.0596. The number of carbonyl (C=O) groups excluding carboxylic acids is 1. The van der Waals surface area contributed by atoms with E-state index in [1.165, 1.54) is 5.56 Å². The van der Waals surface area contributed by atoms with Crippen molar-refractivity contribution in [2.75, 3.05) is 26.2 Å². The highest BCUT2D eigenvalue weighted by Gasteiger charge is 2.37. The van der Waals surface area contributed by atoms with Crippen LogP contribution in [0.3, 0.4) is 0 Å². The Kier molecular flexibility index (Phi) is 7.49. The fourth-order valence-corrected chi connectivity index (χ4v) is 4.53. The molecule has 0 bridgehead atoms. The summed E-state index contributed by atoms with van der Waals surface area (Å²) in [4.78, 5) is 17.7. The highest BCUT2D eigenvalue weighted by Crippen LogP contribution is 2.23. The van der Waals surface area contributed by atoms with Gasteiger partial charge in [0.1, 0.15) is 0 Å². The van der Waals surface area contributed by atoms with Crippen molar-refractivity contribution in [2.24, 2.45) is 5.92 Å². The van der Waals surface area contributed by atoms with Gasteiger partial charge in [-0.1, -0.05) is 44.2 Å². The average Bonchev–Trinajstić information content (AvgIpc) is 2.66. The van der Waals surface area contributed by atoms with Crippen molar-refractivity contribution in [3.05, 3.63) is 35.9 Å². The van der Waals surface area contributed by atoms with Gasteiger partial charge in [-0.05, 0) is 38.2 Å². The van der Waals surface area contributed by atoms with Gasteiger partial charge < -0.3 is 14.4 Å². The molecule has 28 heavy (non-hydrogen) atoms. The summed E-state index contributed by atoms with van der Waals surface area (Å²) < 4.78 is 12.0. The Labute approximate surface area is 170 Å². The van der Waals surface area contributed by atoms with E-state index >= 15 is 0 Å². The summed E-state index contributed by atoms with van der Waals surface area (Å²) in [7, 11) is 0. The van der Waals surface area contributed by atoms with Crippen LogP contribution in [0.1, 0.15) is 46.1 Å². The van der Waals surface area contributed by atoms with Gasteiger partial charge in [-0.2, -0.15) is 0 Å². The van der Waals surface area contributed by atoms with E-state index < -0.39 is 0 Å². The third kappa shape index (κ3) is 5.56. The second kappa shape index (κ2) is 9.86. The zero-order valence-corrected chi connectivity index (χ0v) is 17.8. The number of ether oxygens (including phenoxy) is 2. The molecule has 0 aromatic heterocycles. The Bertz CT molecular complexity index is 604. The molecule has 156 valence electrons. The fraction of sp³-hybridized carbons (Fsp3) is 0.696. The molecule has 5 nitrogen and oxygen atoms in total. The van der Waals surface area contributed by atoms with E-state index in [-0.39, 0.29) is 36.2 Å². The van der Waals surface area contributed by atoms with Gasteiger partial charge >= 0.3 is 0 Å². The molecule has 2 aliphatic rings. The van der Waals surface area contributed by atoms with Gasteiger partial charge in [0.2, 0.25) is 5.91 Å². The summed E-state index contributed by atoms with van der Waals surface area (Å²) in [6, 6.07) is 10.2. The van der Waals surface area contributed by atoms with Gasteiger partial charge in [-0.15, -0.1) is 0 Å². The van der Waals surface area contributed by atoms with E-state index in [0.717, 1.165) is 39.0 Å². The Balaban J connectivity index is 1.52. The maximum absolute atomic E-state index is 13.3. The van der Waals surface area contributed by atoms with Crippen LogP contribution in [-0.4, -0.2) is 66.2 Å². The third-order valence-electron chi connectivity index (χ3n) is 5.81. The standard InChI is InChI=1S/C23H36N2O3/c1-17(2)22(25-14-18(3)28-19(4)15-25)23(26)24-12-10-21(11-13-24)27-16-20-8-6-5-7-9-20/h5-9,17-19,21-22H,10-16H2,1-4H3. The molecule has 0 radical (unpaired) electrons. The van der Waals surface area contributed by atoms with Crippen LogP contribution in [0.4, 0.5) is 0 Å². The van der Waals surface area contributed by atoms with E-state index in [0.29, 0.717) is 6.61 Å². The molecule has 0 saturated carbocycles. The molecule has 2 aliphatic heterocycles. The average molecular weight is 389 g/mol. The molecule has 3 rings (SSSR count). The van der Waals surface area contributed by atoms with Crippen LogP contribution >= 0.6 is 0 Å². The van der Waals surface area contributed by atoms with Crippen LogP contribution in [0.5, 0.6) is 0 Å². The number of morpholine rings is 1. The maximum atomic E-state index is 13.3. The van der Waals surface area contributed by atoms with Crippen LogP contribution in [-0.2, 0) is 20.9 Å². The number of nitrogens with zero attached hydrogens (tertiary/aromatic N) is 2. The summed E-state index contributed by atoms with van der Waals surface area (Å²) >= 11 is 0.